The third-order valence-electron chi connectivity index (χ3n) is 4.40. The summed E-state index contributed by atoms with van der Waals surface area (Å²) in [5, 5.41) is 7.75. The fraction of sp³-hybridized carbons (Fsp3) is 0. The third-order valence-corrected chi connectivity index (χ3v) is 4.40. The Bertz CT molecular complexity index is 1150. The number of carbonyl (C=O) groups excluding carboxylic acids is 2. The molecule has 5 heteroatoms. The molecule has 2 N–H and O–H groups in total. The molecule has 0 aliphatic heterocycles. The van der Waals surface area contributed by atoms with Gasteiger partial charge < -0.3 is 10.6 Å². The summed E-state index contributed by atoms with van der Waals surface area (Å²) in [7, 11) is 0. The summed E-state index contributed by atoms with van der Waals surface area (Å²) < 4.78 is 0. The van der Waals surface area contributed by atoms with Crippen LogP contribution in [0.4, 0.5) is 11.4 Å². The second-order valence-electron chi connectivity index (χ2n) is 6.22. The Morgan fingerprint density at radius 2 is 1.29 bits per heavy atom. The maximum Gasteiger partial charge on any atom is 0.257 e. The summed E-state index contributed by atoms with van der Waals surface area (Å²) in [6.45, 7) is 0. The SMILES string of the molecule is O=C(Nc1ccccc1C(=O)Nc1cccc2ccccc12)c1ccncc1. The first-order chi connectivity index (χ1) is 13.7. The lowest BCUT2D eigenvalue weighted by molar-refractivity contribution is 0.102. The topological polar surface area (TPSA) is 71.1 Å². The van der Waals surface area contributed by atoms with E-state index in [0.717, 1.165) is 16.5 Å². The number of nitrogens with zero attached hydrogens (tertiary/aromatic N) is 1. The van der Waals surface area contributed by atoms with Crippen molar-refractivity contribution in [3.05, 3.63) is 102 Å². The molecule has 0 spiro atoms. The minimum Gasteiger partial charge on any atom is -0.321 e. The quantitative estimate of drug-likeness (QED) is 0.547. The van der Waals surface area contributed by atoms with E-state index >= 15 is 0 Å². The predicted octanol–water partition coefficient (Wildman–Crippen LogP) is 4.74. The summed E-state index contributed by atoms with van der Waals surface area (Å²) in [5.74, 6) is -0.588. The van der Waals surface area contributed by atoms with Crippen molar-refractivity contribution in [2.24, 2.45) is 0 Å². The molecule has 0 aliphatic carbocycles. The number of para-hydroxylation sites is 1. The van der Waals surface area contributed by atoms with Crippen molar-refractivity contribution in [1.29, 1.82) is 0 Å². The van der Waals surface area contributed by atoms with Gasteiger partial charge in [0, 0.05) is 29.0 Å². The lowest BCUT2D eigenvalue weighted by Gasteiger charge is -2.13. The molecule has 2 amide bonds. The Morgan fingerprint density at radius 3 is 2.14 bits per heavy atom. The van der Waals surface area contributed by atoms with Gasteiger partial charge >= 0.3 is 0 Å². The van der Waals surface area contributed by atoms with Crippen LogP contribution in [0.3, 0.4) is 0 Å². The van der Waals surface area contributed by atoms with Crippen molar-refractivity contribution in [2.75, 3.05) is 10.6 Å². The summed E-state index contributed by atoms with van der Waals surface area (Å²) in [4.78, 5) is 29.3. The first-order valence-electron chi connectivity index (χ1n) is 8.82. The number of rotatable bonds is 4. The van der Waals surface area contributed by atoms with E-state index in [9.17, 15) is 9.59 Å². The van der Waals surface area contributed by atoms with E-state index in [1.165, 1.54) is 0 Å². The first-order valence-corrected chi connectivity index (χ1v) is 8.82. The molecule has 0 bridgehead atoms. The number of carbonyl (C=O) groups is 2. The van der Waals surface area contributed by atoms with Crippen LogP contribution in [-0.2, 0) is 0 Å². The molecule has 0 aliphatic rings. The summed E-state index contributed by atoms with van der Waals surface area (Å²) >= 11 is 0. The van der Waals surface area contributed by atoms with Crippen LogP contribution in [0.15, 0.2) is 91.3 Å². The minimum atomic E-state index is -0.298. The summed E-state index contributed by atoms with van der Waals surface area (Å²) in [6, 6.07) is 23.8. The van der Waals surface area contributed by atoms with Gasteiger partial charge in [0.1, 0.15) is 0 Å². The lowest BCUT2D eigenvalue weighted by atomic mass is 10.1. The van der Waals surface area contributed by atoms with Crippen LogP contribution in [0.5, 0.6) is 0 Å². The van der Waals surface area contributed by atoms with Gasteiger partial charge in [-0.15, -0.1) is 0 Å². The number of amides is 2. The van der Waals surface area contributed by atoms with Crippen molar-refractivity contribution in [1.82, 2.24) is 4.98 Å². The number of pyridine rings is 1. The molecule has 0 fully saturated rings. The summed E-state index contributed by atoms with van der Waals surface area (Å²) in [6.07, 6.45) is 3.10. The van der Waals surface area contributed by atoms with Crippen molar-refractivity contribution < 1.29 is 9.59 Å². The largest absolute Gasteiger partial charge is 0.321 e. The van der Waals surface area contributed by atoms with E-state index in [1.54, 1.807) is 48.8 Å². The van der Waals surface area contributed by atoms with E-state index in [1.807, 2.05) is 42.5 Å². The molecule has 4 rings (SSSR count). The maximum atomic E-state index is 12.9. The fourth-order valence-corrected chi connectivity index (χ4v) is 3.01. The molecule has 136 valence electrons. The van der Waals surface area contributed by atoms with Gasteiger partial charge in [-0.05, 0) is 35.7 Å². The van der Waals surface area contributed by atoms with E-state index in [2.05, 4.69) is 15.6 Å². The molecule has 0 unspecified atom stereocenters. The van der Waals surface area contributed by atoms with Crippen LogP contribution >= 0.6 is 0 Å². The molecule has 0 saturated carbocycles. The van der Waals surface area contributed by atoms with Gasteiger partial charge in [-0.2, -0.15) is 0 Å². The third kappa shape index (κ3) is 3.59. The number of hydrogen-bond donors (Lipinski definition) is 2. The maximum absolute atomic E-state index is 12.9. The number of benzene rings is 3. The van der Waals surface area contributed by atoms with Gasteiger partial charge in [0.05, 0.1) is 11.3 Å². The first kappa shape index (κ1) is 17.4. The highest BCUT2D eigenvalue weighted by atomic mass is 16.2. The number of anilines is 2. The molecule has 1 heterocycles. The second-order valence-corrected chi connectivity index (χ2v) is 6.22. The smallest absolute Gasteiger partial charge is 0.257 e. The zero-order chi connectivity index (χ0) is 19.3. The molecule has 0 saturated heterocycles. The van der Waals surface area contributed by atoms with Crippen molar-refractivity contribution in [3.63, 3.8) is 0 Å². The molecular weight excluding hydrogens is 350 g/mol. The van der Waals surface area contributed by atoms with Gasteiger partial charge in [-0.3, -0.25) is 14.6 Å². The van der Waals surface area contributed by atoms with Gasteiger partial charge in [0.25, 0.3) is 11.8 Å². The standard InChI is InChI=1S/C23H17N3O2/c27-22(17-12-14-24-15-13-17)25-21-10-4-3-9-19(21)23(28)26-20-11-5-7-16-6-1-2-8-18(16)20/h1-15H,(H,25,27)(H,26,28). The Kier molecular flexibility index (Phi) is 4.80. The number of nitrogens with one attached hydrogen (secondary N) is 2. The summed E-state index contributed by atoms with van der Waals surface area (Å²) in [5.41, 5.74) is 2.03. The average molecular weight is 367 g/mol. The molecule has 0 radical (unpaired) electrons. The van der Waals surface area contributed by atoms with E-state index in [0.29, 0.717) is 16.8 Å². The normalized spacial score (nSPS) is 10.4. The zero-order valence-corrected chi connectivity index (χ0v) is 14.9. The van der Waals surface area contributed by atoms with Crippen LogP contribution in [-0.4, -0.2) is 16.8 Å². The van der Waals surface area contributed by atoms with Crippen LogP contribution < -0.4 is 10.6 Å². The van der Waals surface area contributed by atoms with Crippen LogP contribution in [0.25, 0.3) is 10.8 Å². The van der Waals surface area contributed by atoms with Crippen LogP contribution in [0.1, 0.15) is 20.7 Å². The Balaban J connectivity index is 1.61. The lowest BCUT2D eigenvalue weighted by Crippen LogP contribution is -2.18. The van der Waals surface area contributed by atoms with Crippen LogP contribution in [0, 0.1) is 0 Å². The van der Waals surface area contributed by atoms with E-state index in [-0.39, 0.29) is 11.8 Å². The zero-order valence-electron chi connectivity index (χ0n) is 14.9. The molecule has 3 aromatic carbocycles. The molecular formula is C23H17N3O2. The second kappa shape index (κ2) is 7.72. The number of aromatic nitrogens is 1. The van der Waals surface area contributed by atoms with Gasteiger partial charge in [0.2, 0.25) is 0 Å². The van der Waals surface area contributed by atoms with Crippen molar-refractivity contribution in [3.8, 4) is 0 Å². The van der Waals surface area contributed by atoms with Gasteiger partial charge in [-0.1, -0.05) is 48.5 Å². The predicted molar refractivity (Wildman–Crippen MR) is 111 cm³/mol. The highest BCUT2D eigenvalue weighted by molar-refractivity contribution is 6.14. The average Bonchev–Trinajstić information content (AvgIpc) is 2.75. The molecule has 28 heavy (non-hydrogen) atoms. The fourth-order valence-electron chi connectivity index (χ4n) is 3.01. The molecule has 0 atom stereocenters. The minimum absolute atomic E-state index is 0.290. The molecule has 1 aromatic heterocycles. The highest BCUT2D eigenvalue weighted by Gasteiger charge is 2.15. The van der Waals surface area contributed by atoms with Crippen LogP contribution in [0.2, 0.25) is 0 Å². The Hall–Kier alpha value is -3.99. The molecule has 5 nitrogen and oxygen atoms in total. The number of fused-ring (bicyclic) bond motifs is 1. The monoisotopic (exact) mass is 367 g/mol. The van der Waals surface area contributed by atoms with E-state index < -0.39 is 0 Å². The van der Waals surface area contributed by atoms with Gasteiger partial charge in [-0.25, -0.2) is 0 Å². The van der Waals surface area contributed by atoms with E-state index in [4.69, 9.17) is 0 Å². The highest BCUT2D eigenvalue weighted by Crippen LogP contribution is 2.25. The molecule has 4 aromatic rings. The number of hydrogen-bond acceptors (Lipinski definition) is 3. The van der Waals surface area contributed by atoms with Gasteiger partial charge in [0.15, 0.2) is 0 Å². The van der Waals surface area contributed by atoms with Crippen molar-refractivity contribution >= 4 is 34.0 Å². The Morgan fingerprint density at radius 1 is 0.643 bits per heavy atom. The Labute approximate surface area is 162 Å². The van der Waals surface area contributed by atoms with Crippen molar-refractivity contribution in [2.45, 2.75) is 0 Å².